The predicted molar refractivity (Wildman–Crippen MR) is 87.5 cm³/mol. The quantitative estimate of drug-likeness (QED) is 0.751. The van der Waals surface area contributed by atoms with E-state index in [2.05, 4.69) is 65.4 Å². The molecule has 0 amide bonds. The smallest absolute Gasteiger partial charge is 0.151 e. The van der Waals surface area contributed by atoms with E-state index in [1.807, 2.05) is 0 Å². The predicted octanol–water partition coefficient (Wildman–Crippen LogP) is 1.75. The molecular formula is C16H29N5. The fourth-order valence-electron chi connectivity index (χ4n) is 2.21. The Morgan fingerprint density at radius 3 is 2.48 bits per heavy atom. The molecule has 2 rings (SSSR count). The average molecular weight is 291 g/mol. The van der Waals surface area contributed by atoms with Crippen molar-refractivity contribution >= 4 is 5.82 Å². The normalized spacial score (nSPS) is 15.0. The summed E-state index contributed by atoms with van der Waals surface area (Å²) in [6.45, 7) is 8.34. The summed E-state index contributed by atoms with van der Waals surface area (Å²) in [5, 5.41) is 12.3. The van der Waals surface area contributed by atoms with Crippen LogP contribution in [-0.2, 0) is 6.54 Å². The number of nitrogens with zero attached hydrogens (tertiary/aromatic N) is 4. The van der Waals surface area contributed by atoms with E-state index < -0.39 is 0 Å². The molecule has 0 aromatic carbocycles. The number of nitrogens with one attached hydrogen (secondary N) is 1. The first-order chi connectivity index (χ1) is 10.0. The maximum atomic E-state index is 4.43. The van der Waals surface area contributed by atoms with Crippen molar-refractivity contribution < 1.29 is 0 Å². The Balaban J connectivity index is 1.93. The number of likely N-dealkylation sites (N-methyl/N-ethyl adjacent to an activating group) is 1. The largest absolute Gasteiger partial charge is 0.354 e. The topological polar surface area (TPSA) is 44.3 Å². The highest BCUT2D eigenvalue weighted by Gasteiger charge is 2.20. The molecule has 1 aliphatic carbocycles. The van der Waals surface area contributed by atoms with Crippen molar-refractivity contribution in [1.29, 1.82) is 0 Å². The van der Waals surface area contributed by atoms with Crippen molar-refractivity contribution in [3.8, 4) is 0 Å². The van der Waals surface area contributed by atoms with Crippen LogP contribution in [0, 0.1) is 5.92 Å². The molecule has 1 aromatic rings. The van der Waals surface area contributed by atoms with Crippen LogP contribution in [-0.4, -0.2) is 54.9 Å². The highest BCUT2D eigenvalue weighted by atomic mass is 15.3. The lowest BCUT2D eigenvalue weighted by atomic mass is 10.2. The van der Waals surface area contributed by atoms with Crippen LogP contribution in [0.2, 0.25) is 0 Å². The van der Waals surface area contributed by atoms with Gasteiger partial charge in [-0.05, 0) is 45.0 Å². The zero-order valence-corrected chi connectivity index (χ0v) is 13.8. The second kappa shape index (κ2) is 7.71. The molecule has 1 N–H and O–H groups in total. The summed E-state index contributed by atoms with van der Waals surface area (Å²) in [6, 6.07) is 4.92. The monoisotopic (exact) mass is 291 g/mol. The first-order valence-corrected chi connectivity index (χ1v) is 8.00. The minimum absolute atomic E-state index is 0.616. The van der Waals surface area contributed by atoms with Crippen molar-refractivity contribution in [3.05, 3.63) is 17.8 Å². The highest BCUT2D eigenvalue weighted by Crippen LogP contribution is 2.19. The Labute approximate surface area is 128 Å². The van der Waals surface area contributed by atoms with E-state index in [4.69, 9.17) is 0 Å². The van der Waals surface area contributed by atoms with E-state index in [1.165, 1.54) is 12.8 Å². The van der Waals surface area contributed by atoms with Gasteiger partial charge in [-0.2, -0.15) is 5.10 Å². The molecule has 1 heterocycles. The molecule has 1 aromatic heterocycles. The van der Waals surface area contributed by atoms with Crippen molar-refractivity contribution in [2.24, 2.45) is 5.92 Å². The minimum atomic E-state index is 0.616. The molecule has 1 saturated carbocycles. The summed E-state index contributed by atoms with van der Waals surface area (Å²) in [4.78, 5) is 4.53. The third-order valence-electron chi connectivity index (χ3n) is 3.58. The molecular weight excluding hydrogens is 262 g/mol. The van der Waals surface area contributed by atoms with E-state index in [0.717, 1.165) is 37.7 Å². The average Bonchev–Trinajstić information content (AvgIpc) is 3.25. The molecule has 0 aliphatic heterocycles. The van der Waals surface area contributed by atoms with Gasteiger partial charge >= 0.3 is 0 Å². The Bertz CT molecular complexity index is 411. The molecule has 0 unspecified atom stereocenters. The number of rotatable bonds is 9. The number of hydrogen-bond donors (Lipinski definition) is 1. The van der Waals surface area contributed by atoms with Gasteiger partial charge in [0.25, 0.3) is 0 Å². The van der Waals surface area contributed by atoms with Crippen LogP contribution in [0.3, 0.4) is 0 Å². The van der Waals surface area contributed by atoms with E-state index in [0.29, 0.717) is 12.0 Å². The van der Waals surface area contributed by atoms with Crippen molar-refractivity contribution in [3.63, 3.8) is 0 Å². The van der Waals surface area contributed by atoms with Crippen LogP contribution >= 0.6 is 0 Å². The van der Waals surface area contributed by atoms with E-state index in [1.54, 1.807) is 0 Å². The van der Waals surface area contributed by atoms with Crippen LogP contribution in [0.15, 0.2) is 12.1 Å². The minimum Gasteiger partial charge on any atom is -0.354 e. The van der Waals surface area contributed by atoms with Crippen molar-refractivity contribution in [2.75, 3.05) is 38.6 Å². The standard InChI is InChI=1S/C16H29N5/c1-13(2)12-21(10-9-20(3)4)16-8-7-15(18-19-16)11-17-14-5-6-14/h7-8,13-14,17H,5-6,9-12H2,1-4H3. The lowest BCUT2D eigenvalue weighted by molar-refractivity contribution is 0.408. The summed E-state index contributed by atoms with van der Waals surface area (Å²) in [7, 11) is 4.21. The van der Waals surface area contributed by atoms with Gasteiger partial charge in [-0.15, -0.1) is 5.10 Å². The van der Waals surface area contributed by atoms with Crippen LogP contribution < -0.4 is 10.2 Å². The van der Waals surface area contributed by atoms with Crippen LogP contribution in [0.1, 0.15) is 32.4 Å². The third-order valence-corrected chi connectivity index (χ3v) is 3.58. The zero-order valence-electron chi connectivity index (χ0n) is 13.8. The van der Waals surface area contributed by atoms with Crippen molar-refractivity contribution in [1.82, 2.24) is 20.4 Å². The molecule has 0 bridgehead atoms. The van der Waals surface area contributed by atoms with Gasteiger partial charge in [0.15, 0.2) is 5.82 Å². The lowest BCUT2D eigenvalue weighted by Gasteiger charge is -2.26. The molecule has 21 heavy (non-hydrogen) atoms. The molecule has 118 valence electrons. The van der Waals surface area contributed by atoms with Gasteiger partial charge in [-0.3, -0.25) is 0 Å². The molecule has 0 spiro atoms. The highest BCUT2D eigenvalue weighted by molar-refractivity contribution is 5.37. The van der Waals surface area contributed by atoms with Gasteiger partial charge in [0.1, 0.15) is 0 Å². The van der Waals surface area contributed by atoms with Crippen LogP contribution in [0.4, 0.5) is 5.82 Å². The summed E-state index contributed by atoms with van der Waals surface area (Å²) in [5.74, 6) is 1.60. The van der Waals surface area contributed by atoms with Gasteiger partial charge in [0.05, 0.1) is 5.69 Å². The number of anilines is 1. The van der Waals surface area contributed by atoms with Gasteiger partial charge in [0.2, 0.25) is 0 Å². The Morgan fingerprint density at radius 1 is 1.19 bits per heavy atom. The second-order valence-corrected chi connectivity index (χ2v) is 6.68. The SMILES string of the molecule is CC(C)CN(CCN(C)C)c1ccc(CNC2CC2)nn1. The summed E-state index contributed by atoms with van der Waals surface area (Å²) >= 11 is 0. The maximum Gasteiger partial charge on any atom is 0.151 e. The van der Waals surface area contributed by atoms with Gasteiger partial charge in [-0.25, -0.2) is 0 Å². The number of aromatic nitrogens is 2. The molecule has 0 atom stereocenters. The molecule has 1 fully saturated rings. The molecule has 5 nitrogen and oxygen atoms in total. The van der Waals surface area contributed by atoms with Crippen LogP contribution in [0.25, 0.3) is 0 Å². The van der Waals surface area contributed by atoms with E-state index >= 15 is 0 Å². The van der Waals surface area contributed by atoms with Gasteiger partial charge < -0.3 is 15.1 Å². The fraction of sp³-hybridized carbons (Fsp3) is 0.750. The Hall–Kier alpha value is -1.20. The van der Waals surface area contributed by atoms with Crippen LogP contribution in [0.5, 0.6) is 0 Å². The molecule has 1 aliphatic rings. The van der Waals surface area contributed by atoms with E-state index in [-0.39, 0.29) is 0 Å². The Morgan fingerprint density at radius 2 is 1.95 bits per heavy atom. The maximum absolute atomic E-state index is 4.43. The number of hydrogen-bond acceptors (Lipinski definition) is 5. The Kier molecular flexibility index (Phi) is 5.94. The third kappa shape index (κ3) is 5.98. The summed E-state index contributed by atoms with van der Waals surface area (Å²) < 4.78 is 0. The first-order valence-electron chi connectivity index (χ1n) is 8.00. The molecule has 0 radical (unpaired) electrons. The van der Waals surface area contributed by atoms with Gasteiger partial charge in [-0.1, -0.05) is 13.8 Å². The summed E-state index contributed by atoms with van der Waals surface area (Å²) in [6.07, 6.45) is 2.61. The first kappa shape index (κ1) is 16.2. The lowest BCUT2D eigenvalue weighted by Crippen LogP contribution is -2.35. The second-order valence-electron chi connectivity index (χ2n) is 6.68. The summed E-state index contributed by atoms with van der Waals surface area (Å²) in [5.41, 5.74) is 1.03. The van der Waals surface area contributed by atoms with Crippen molar-refractivity contribution in [2.45, 2.75) is 39.3 Å². The van der Waals surface area contributed by atoms with Gasteiger partial charge in [0, 0.05) is 32.2 Å². The zero-order chi connectivity index (χ0) is 15.2. The molecule has 5 heteroatoms. The van der Waals surface area contributed by atoms with E-state index in [9.17, 15) is 0 Å². The fourth-order valence-corrected chi connectivity index (χ4v) is 2.21. The molecule has 0 saturated heterocycles.